The molecule has 0 fully saturated rings. The van der Waals surface area contributed by atoms with Gasteiger partial charge in [0.15, 0.2) is 11.5 Å². The fourth-order valence-corrected chi connectivity index (χ4v) is 1.50. The molecule has 0 radical (unpaired) electrons. The number of aromatic nitrogens is 6. The molecule has 3 heterocycles. The number of carbonyl (C=O) groups is 1. The Labute approximate surface area is 151 Å². The molecule has 0 bridgehead atoms. The molecule has 3 aromatic rings. The van der Waals surface area contributed by atoms with Gasteiger partial charge in [0.25, 0.3) is 0 Å². The molecule has 0 amide bonds. The summed E-state index contributed by atoms with van der Waals surface area (Å²) in [5.74, 6) is -0.817. The molecule has 0 aromatic carbocycles. The number of nitrogens with zero attached hydrogens (tertiary/aromatic N) is 4. The summed E-state index contributed by atoms with van der Waals surface area (Å²) in [6, 6.07) is -0.963. The van der Waals surface area contributed by atoms with E-state index in [2.05, 4.69) is 29.9 Å². The predicted molar refractivity (Wildman–Crippen MR) is 71.4 cm³/mol. The van der Waals surface area contributed by atoms with E-state index in [-0.39, 0.29) is 39.9 Å². The molecule has 23 heavy (non-hydrogen) atoms. The number of rotatable bonds is 3. The number of hydrogen-bond donors (Lipinski definition) is 4. The third-order valence-corrected chi connectivity index (χ3v) is 2.55. The van der Waals surface area contributed by atoms with E-state index >= 15 is 0 Å². The molecule has 10 nitrogen and oxygen atoms in total. The number of H-pyrrole nitrogens is 2. The van der Waals surface area contributed by atoms with Gasteiger partial charge in [-0.05, 0) is 0 Å². The largest absolute Gasteiger partial charge is 2.00 e. The first-order valence-corrected chi connectivity index (χ1v) is 5.91. The molecule has 6 N–H and O–H groups in total. The molecular weight excluding hydrogens is 507 g/mol. The molecule has 0 saturated carbocycles. The van der Waals surface area contributed by atoms with Gasteiger partial charge in [-0.25, -0.2) is 19.9 Å². The van der Waals surface area contributed by atoms with Crippen LogP contribution in [0.1, 0.15) is 5.69 Å². The van der Waals surface area contributed by atoms with Crippen molar-refractivity contribution in [3.63, 3.8) is 0 Å². The van der Waals surface area contributed by atoms with Gasteiger partial charge in [0.1, 0.15) is 11.8 Å². The molecule has 1 atom stereocenters. The van der Waals surface area contributed by atoms with E-state index in [1.54, 1.807) is 0 Å². The van der Waals surface area contributed by atoms with Crippen LogP contribution in [0.2, 0.25) is 0 Å². The normalized spacial score (nSPS) is 10.7. The van der Waals surface area contributed by atoms with E-state index in [0.29, 0.717) is 22.7 Å². The van der Waals surface area contributed by atoms with Crippen LogP contribution < -0.4 is 29.0 Å². The Morgan fingerprint density at radius 1 is 1.26 bits per heavy atom. The van der Waals surface area contributed by atoms with Crippen LogP contribution in [0, 0.1) is 0 Å². The molecule has 1 unspecified atom stereocenters. The molecule has 0 aliphatic carbocycles. The fourth-order valence-electron chi connectivity index (χ4n) is 1.50. The van der Waals surface area contributed by atoms with Crippen molar-refractivity contribution in [3.8, 4) is 0 Å². The summed E-state index contributed by atoms with van der Waals surface area (Å²) in [6.07, 6.45) is 6.15. The van der Waals surface area contributed by atoms with Crippen molar-refractivity contribution in [1.29, 1.82) is 0 Å². The van der Waals surface area contributed by atoms with Gasteiger partial charge in [-0.3, -0.25) is 0 Å². The van der Waals surface area contributed by atoms with Crippen molar-refractivity contribution in [3.05, 3.63) is 30.9 Å². The fraction of sp³-hybridized carbons (Fsp3) is 0.182. The Kier molecular flexibility index (Phi) is 9.01. The molecule has 0 aliphatic rings. The third kappa shape index (κ3) is 5.93. The number of carboxylic acids is 1. The monoisotopic (exact) mass is 519 g/mol. The van der Waals surface area contributed by atoms with Crippen LogP contribution in [0.5, 0.6) is 0 Å². The van der Waals surface area contributed by atoms with Crippen molar-refractivity contribution in [2.75, 3.05) is 5.73 Å². The number of halogens is 1. The molecule has 12 heteroatoms. The minimum Gasteiger partial charge on any atom is -1.00 e. The maximum Gasteiger partial charge on any atom is 2.00 e. The summed E-state index contributed by atoms with van der Waals surface area (Å²) >= 11 is 0. The molecule has 0 saturated heterocycles. The van der Waals surface area contributed by atoms with Crippen molar-refractivity contribution in [2.24, 2.45) is 5.73 Å². The van der Waals surface area contributed by atoms with Crippen LogP contribution in [0.3, 0.4) is 0 Å². The minimum absolute atomic E-state index is 0. The Bertz CT molecular complexity index is 720. The molecule has 3 rings (SSSR count). The number of carboxylic acid groups (broad SMARTS) is 1. The maximum absolute atomic E-state index is 10.2. The Hall–Kier alpha value is -2.03. The van der Waals surface area contributed by atoms with Gasteiger partial charge in [-0.1, -0.05) is 0 Å². The van der Waals surface area contributed by atoms with Crippen LogP contribution in [0.25, 0.3) is 11.2 Å². The van der Waals surface area contributed by atoms with Crippen LogP contribution in [0.4, 0.5) is 5.82 Å². The van der Waals surface area contributed by atoms with Crippen LogP contribution >= 0.6 is 0 Å². The average Bonchev–Trinajstić information content (AvgIpc) is 3.10. The number of aliphatic carboxylic acids is 1. The summed E-state index contributed by atoms with van der Waals surface area (Å²) in [5, 5.41) is 10.2. The van der Waals surface area contributed by atoms with Gasteiger partial charge in [0.2, 0.25) is 0 Å². The number of aromatic amines is 2. The Morgan fingerprint density at radius 2 is 2.00 bits per heavy atom. The van der Waals surface area contributed by atoms with Crippen molar-refractivity contribution >= 4 is 23.0 Å². The second-order valence-corrected chi connectivity index (χ2v) is 4.07. The first-order valence-electron chi connectivity index (χ1n) is 5.91. The minimum atomic E-state index is -1.25. The van der Waals surface area contributed by atoms with E-state index < -0.39 is 12.0 Å². The van der Waals surface area contributed by atoms with Crippen LogP contribution in [0.15, 0.2) is 25.2 Å². The zero-order valence-corrected chi connectivity index (χ0v) is 14.6. The summed E-state index contributed by atoms with van der Waals surface area (Å²) in [6.45, 7) is 0. The van der Waals surface area contributed by atoms with Crippen molar-refractivity contribution < 1.29 is 43.4 Å². The van der Waals surface area contributed by atoms with E-state index in [0.717, 1.165) is 0 Å². The summed E-state index contributed by atoms with van der Waals surface area (Å²) < 4.78 is 0. The first-order chi connectivity index (χ1) is 10.1. The van der Waals surface area contributed by atoms with E-state index in [4.69, 9.17) is 11.5 Å². The number of imidazole rings is 2. The summed E-state index contributed by atoms with van der Waals surface area (Å²) in [7, 11) is 0. The third-order valence-electron chi connectivity index (χ3n) is 2.55. The molecule has 3 aromatic heterocycles. The predicted octanol–water partition coefficient (Wildman–Crippen LogP) is -5.03. The van der Waals surface area contributed by atoms with Crippen molar-refractivity contribution in [2.45, 2.75) is 12.5 Å². The molecule has 0 spiro atoms. The summed E-state index contributed by atoms with van der Waals surface area (Å²) in [5.41, 5.74) is 12.7. The first kappa shape index (κ1) is 21.0. The number of anilines is 1. The van der Waals surface area contributed by atoms with Crippen LogP contribution in [-0.4, -0.2) is 41.9 Å². The SMILES string of the molecule is NC(Cc1cnc[nH]1)C(=O)[O-].Nc1ncnc2nc[nH]c12.[Cl-].[Pt+2]. The second-order valence-electron chi connectivity index (χ2n) is 4.07. The average molecular weight is 520 g/mol. The van der Waals surface area contributed by atoms with Gasteiger partial charge in [0, 0.05) is 24.4 Å². The Morgan fingerprint density at radius 3 is 2.57 bits per heavy atom. The van der Waals surface area contributed by atoms with Crippen LogP contribution in [-0.2, 0) is 32.3 Å². The zero-order valence-electron chi connectivity index (χ0n) is 11.5. The van der Waals surface area contributed by atoms with Gasteiger partial charge < -0.3 is 43.7 Å². The Balaban J connectivity index is 0.000000388. The molecule has 126 valence electrons. The van der Waals surface area contributed by atoms with Gasteiger partial charge >= 0.3 is 21.1 Å². The molecular formula is C11H13ClN8O2Pt. The zero-order chi connectivity index (χ0) is 15.2. The number of fused-ring (bicyclic) bond motifs is 1. The number of nitrogens with one attached hydrogen (secondary N) is 2. The number of nitrogens with two attached hydrogens (primary N) is 2. The number of hydrogen-bond acceptors (Lipinski definition) is 8. The van der Waals surface area contributed by atoms with E-state index in [9.17, 15) is 9.90 Å². The van der Waals surface area contributed by atoms with E-state index in [1.165, 1.54) is 25.2 Å². The number of carbonyl (C=O) groups excluding carboxylic acids is 1. The second kappa shape index (κ2) is 9.88. The van der Waals surface area contributed by atoms with Crippen molar-refractivity contribution in [1.82, 2.24) is 29.9 Å². The topological polar surface area (TPSA) is 175 Å². The van der Waals surface area contributed by atoms with Gasteiger partial charge in [0.05, 0.1) is 18.6 Å². The molecule has 0 aliphatic heterocycles. The quantitative estimate of drug-likeness (QED) is 0.266. The standard InChI is InChI=1S/C6H9N3O2.C5H5N5.ClH.Pt/c7-5(6(10)11)1-4-2-8-3-9-4;6-4-3-5(9-1-7-3)10-2-8-4;;/h2-3,5H,1,7H2,(H,8,9)(H,10,11);1-2H,(H3,6,7,8,9,10);1H;/q;;;+2/p-2. The van der Waals surface area contributed by atoms with Gasteiger partial charge in [-0.15, -0.1) is 0 Å². The van der Waals surface area contributed by atoms with E-state index in [1.807, 2.05) is 0 Å². The summed E-state index contributed by atoms with van der Waals surface area (Å²) in [4.78, 5) is 31.0. The maximum atomic E-state index is 10.2. The number of nitrogen functional groups attached to an aromatic ring is 1. The van der Waals surface area contributed by atoms with Gasteiger partial charge in [-0.2, -0.15) is 0 Å². The smallest absolute Gasteiger partial charge is 1.00 e.